The molecule has 12 heavy (non-hydrogen) atoms. The first-order valence-corrected chi connectivity index (χ1v) is 4.32. The van der Waals surface area contributed by atoms with E-state index in [9.17, 15) is 0 Å². The lowest BCUT2D eigenvalue weighted by atomic mass is 10.2. The summed E-state index contributed by atoms with van der Waals surface area (Å²) in [5.41, 5.74) is 2.16. The normalized spacial score (nSPS) is 9.50. The lowest BCUT2D eigenvalue weighted by molar-refractivity contribution is 0.806. The van der Waals surface area contributed by atoms with Crippen LogP contribution in [0.15, 0.2) is 24.3 Å². The second-order valence-electron chi connectivity index (χ2n) is 2.65. The zero-order valence-electron chi connectivity index (χ0n) is 7.67. The van der Waals surface area contributed by atoms with Crippen molar-refractivity contribution in [1.29, 1.82) is 0 Å². The third-order valence-corrected chi connectivity index (χ3v) is 1.68. The van der Waals surface area contributed by atoms with Gasteiger partial charge in [-0.3, -0.25) is 5.32 Å². The topological polar surface area (TPSA) is 26.1 Å². The molecule has 0 aromatic heterocycles. The molecular weight excluding hydrogens is 148 g/mol. The third-order valence-electron chi connectivity index (χ3n) is 1.68. The Labute approximate surface area is 74.0 Å². The second kappa shape index (κ2) is 4.65. The van der Waals surface area contributed by atoms with Crippen LogP contribution < -0.4 is 10.6 Å². The molecule has 1 rings (SSSR count). The fourth-order valence-corrected chi connectivity index (χ4v) is 1.06. The number of nitrogens with zero attached hydrogens (tertiary/aromatic N) is 1. The van der Waals surface area contributed by atoms with E-state index in [0.717, 1.165) is 24.3 Å². The molecule has 0 amide bonds. The summed E-state index contributed by atoms with van der Waals surface area (Å²) in [4.78, 5) is 0. The summed E-state index contributed by atoms with van der Waals surface area (Å²) in [6, 6.07) is 8.09. The largest absolute Gasteiger partial charge is 0.386 e. The summed E-state index contributed by atoms with van der Waals surface area (Å²) >= 11 is 0. The Morgan fingerprint density at radius 2 is 2.08 bits per heavy atom. The molecule has 0 spiro atoms. The van der Waals surface area contributed by atoms with Crippen LogP contribution >= 0.6 is 0 Å². The number of rotatable bonds is 4. The number of benzene rings is 1. The molecule has 0 saturated heterocycles. The average Bonchev–Trinajstić information content (AvgIpc) is 2.15. The van der Waals surface area contributed by atoms with Crippen LogP contribution in [0.2, 0.25) is 0 Å². The van der Waals surface area contributed by atoms with Gasteiger partial charge in [0.15, 0.2) is 0 Å². The van der Waals surface area contributed by atoms with Crippen LogP contribution in [0.5, 0.6) is 0 Å². The van der Waals surface area contributed by atoms with E-state index in [4.69, 9.17) is 0 Å². The van der Waals surface area contributed by atoms with Gasteiger partial charge in [-0.25, -0.2) is 0 Å². The van der Waals surface area contributed by atoms with Gasteiger partial charge in [-0.05, 0) is 18.6 Å². The Morgan fingerprint density at radius 1 is 1.33 bits per heavy atom. The summed E-state index contributed by atoms with van der Waals surface area (Å²) in [6.07, 6.45) is 1.10. The zero-order valence-corrected chi connectivity index (χ0v) is 7.67. The minimum absolute atomic E-state index is 0.901. The monoisotopic (exact) mass is 163 g/mol. The van der Waals surface area contributed by atoms with E-state index < -0.39 is 0 Å². The summed E-state index contributed by atoms with van der Waals surface area (Å²) in [5.74, 6) is 0. The van der Waals surface area contributed by atoms with E-state index in [1.165, 1.54) is 0 Å². The minimum Gasteiger partial charge on any atom is -0.386 e. The van der Waals surface area contributed by atoms with Gasteiger partial charge in [-0.15, -0.1) is 0 Å². The van der Waals surface area contributed by atoms with Crippen LogP contribution in [0.4, 0.5) is 11.4 Å². The molecule has 0 atom stereocenters. The predicted octanol–water partition coefficient (Wildman–Crippen LogP) is 2.37. The number of nitrogens with one attached hydrogen (secondary N) is 1. The third kappa shape index (κ3) is 2.16. The van der Waals surface area contributed by atoms with E-state index in [1.54, 1.807) is 0 Å². The van der Waals surface area contributed by atoms with Crippen molar-refractivity contribution in [2.45, 2.75) is 13.3 Å². The Hall–Kier alpha value is -1.18. The SMILES string of the molecule is CCC[N]c1ccccc1NC. The molecule has 1 aromatic rings. The van der Waals surface area contributed by atoms with Crippen molar-refractivity contribution >= 4 is 11.4 Å². The van der Waals surface area contributed by atoms with E-state index in [2.05, 4.69) is 17.6 Å². The standard InChI is InChI=1S/C10H15N2/c1-3-8-12-10-7-5-4-6-9(10)11-2/h4-7,11H,3,8H2,1-2H3. The van der Waals surface area contributed by atoms with Crippen molar-refractivity contribution in [3.8, 4) is 0 Å². The van der Waals surface area contributed by atoms with Gasteiger partial charge < -0.3 is 5.32 Å². The van der Waals surface area contributed by atoms with Gasteiger partial charge in [-0.2, -0.15) is 0 Å². The van der Waals surface area contributed by atoms with Gasteiger partial charge in [-0.1, -0.05) is 19.1 Å². The van der Waals surface area contributed by atoms with E-state index in [1.807, 2.05) is 31.3 Å². The van der Waals surface area contributed by atoms with Gasteiger partial charge >= 0.3 is 0 Å². The lowest BCUT2D eigenvalue weighted by Gasteiger charge is -2.07. The summed E-state index contributed by atoms with van der Waals surface area (Å²) in [6.45, 7) is 3.03. The van der Waals surface area contributed by atoms with Crippen molar-refractivity contribution in [3.05, 3.63) is 24.3 Å². The molecular formula is C10H15N2. The molecule has 1 aromatic carbocycles. The summed E-state index contributed by atoms with van der Waals surface area (Å²) in [7, 11) is 1.92. The Bertz CT molecular complexity index is 233. The highest BCUT2D eigenvalue weighted by Crippen LogP contribution is 2.19. The van der Waals surface area contributed by atoms with Crippen molar-refractivity contribution < 1.29 is 0 Å². The van der Waals surface area contributed by atoms with E-state index in [0.29, 0.717) is 0 Å². The highest BCUT2D eigenvalue weighted by Gasteiger charge is 1.97. The Kier molecular flexibility index (Phi) is 3.45. The van der Waals surface area contributed by atoms with Crippen LogP contribution in [0.3, 0.4) is 0 Å². The maximum absolute atomic E-state index is 4.43. The zero-order chi connectivity index (χ0) is 8.81. The molecule has 0 bridgehead atoms. The molecule has 0 heterocycles. The van der Waals surface area contributed by atoms with Gasteiger partial charge in [0.05, 0.1) is 11.4 Å². The van der Waals surface area contributed by atoms with E-state index in [-0.39, 0.29) is 0 Å². The highest BCUT2D eigenvalue weighted by molar-refractivity contribution is 5.63. The fraction of sp³-hybridized carbons (Fsp3) is 0.400. The molecule has 0 unspecified atom stereocenters. The Morgan fingerprint density at radius 3 is 2.75 bits per heavy atom. The fourth-order valence-electron chi connectivity index (χ4n) is 1.06. The van der Waals surface area contributed by atoms with Crippen LogP contribution in [0.1, 0.15) is 13.3 Å². The van der Waals surface area contributed by atoms with E-state index >= 15 is 0 Å². The predicted molar refractivity (Wildman–Crippen MR) is 52.9 cm³/mol. The molecule has 0 aliphatic heterocycles. The van der Waals surface area contributed by atoms with Crippen molar-refractivity contribution in [3.63, 3.8) is 0 Å². The van der Waals surface area contributed by atoms with Crippen molar-refractivity contribution in [2.24, 2.45) is 0 Å². The first-order chi connectivity index (χ1) is 5.88. The average molecular weight is 163 g/mol. The minimum atomic E-state index is 0.901. The Balaban J connectivity index is 2.68. The van der Waals surface area contributed by atoms with Gasteiger partial charge in [0, 0.05) is 13.6 Å². The quantitative estimate of drug-likeness (QED) is 0.724. The molecule has 2 heteroatoms. The lowest BCUT2D eigenvalue weighted by Crippen LogP contribution is -2.01. The maximum atomic E-state index is 4.43. The number of para-hydroxylation sites is 2. The van der Waals surface area contributed by atoms with Crippen molar-refractivity contribution in [2.75, 3.05) is 18.9 Å². The number of hydrogen-bond donors (Lipinski definition) is 1. The summed E-state index contributed by atoms with van der Waals surface area (Å²) < 4.78 is 0. The summed E-state index contributed by atoms with van der Waals surface area (Å²) in [5, 5.41) is 7.54. The molecule has 0 aliphatic carbocycles. The van der Waals surface area contributed by atoms with Crippen LogP contribution in [-0.2, 0) is 0 Å². The molecule has 0 saturated carbocycles. The number of anilines is 1. The molecule has 65 valence electrons. The molecule has 1 N–H and O–H groups in total. The number of hydrogen-bond acceptors (Lipinski definition) is 1. The molecule has 1 radical (unpaired) electrons. The first-order valence-electron chi connectivity index (χ1n) is 4.32. The highest BCUT2D eigenvalue weighted by atomic mass is 14.9. The first kappa shape index (κ1) is 8.91. The molecule has 0 fully saturated rings. The molecule has 2 nitrogen and oxygen atoms in total. The van der Waals surface area contributed by atoms with Crippen LogP contribution in [0.25, 0.3) is 0 Å². The van der Waals surface area contributed by atoms with Gasteiger partial charge in [0.2, 0.25) is 0 Å². The smallest absolute Gasteiger partial charge is 0.0805 e. The van der Waals surface area contributed by atoms with Crippen LogP contribution in [-0.4, -0.2) is 13.6 Å². The van der Waals surface area contributed by atoms with Crippen molar-refractivity contribution in [1.82, 2.24) is 5.32 Å². The molecule has 0 aliphatic rings. The maximum Gasteiger partial charge on any atom is 0.0805 e. The van der Waals surface area contributed by atoms with Crippen LogP contribution in [0, 0.1) is 0 Å². The van der Waals surface area contributed by atoms with Gasteiger partial charge in [0.25, 0.3) is 0 Å². The second-order valence-corrected chi connectivity index (χ2v) is 2.65. The van der Waals surface area contributed by atoms with Gasteiger partial charge in [0.1, 0.15) is 0 Å².